The summed E-state index contributed by atoms with van der Waals surface area (Å²) < 4.78 is 37.9. The zero-order valence-electron chi connectivity index (χ0n) is 14.1. The number of carbonyl (C=O) groups excluding carboxylic acids is 2. The molecule has 2 aromatic carbocycles. The van der Waals surface area contributed by atoms with E-state index in [1.54, 1.807) is 18.2 Å². The number of hydrogen-bond acceptors (Lipinski definition) is 2. The van der Waals surface area contributed by atoms with Crippen molar-refractivity contribution in [3.8, 4) is 11.8 Å². The van der Waals surface area contributed by atoms with Crippen molar-refractivity contribution in [2.75, 3.05) is 11.9 Å². The number of nitrogens with one attached hydrogen (secondary N) is 2. The van der Waals surface area contributed by atoms with Gasteiger partial charge in [-0.25, -0.2) is 0 Å². The Morgan fingerprint density at radius 2 is 1.85 bits per heavy atom. The summed E-state index contributed by atoms with van der Waals surface area (Å²) in [4.78, 5) is 23.4. The van der Waals surface area contributed by atoms with Crippen molar-refractivity contribution in [3.05, 3.63) is 77.9 Å². The Hall–Kier alpha value is -3.53. The molecule has 0 fully saturated rings. The van der Waals surface area contributed by atoms with Crippen LogP contribution in [0.2, 0.25) is 0 Å². The second-order valence-electron chi connectivity index (χ2n) is 5.34. The van der Waals surface area contributed by atoms with Crippen molar-refractivity contribution in [1.29, 1.82) is 0 Å². The monoisotopic (exact) mass is 372 g/mol. The Balaban J connectivity index is 1.98. The first-order valence-corrected chi connectivity index (χ1v) is 7.77. The van der Waals surface area contributed by atoms with E-state index in [1.807, 2.05) is 0 Å². The molecule has 0 bridgehead atoms. The van der Waals surface area contributed by atoms with Gasteiger partial charge in [0.25, 0.3) is 5.91 Å². The van der Waals surface area contributed by atoms with Gasteiger partial charge in [-0.15, -0.1) is 0 Å². The molecule has 2 aromatic rings. The second kappa shape index (κ2) is 8.72. The number of carbonyl (C=O) groups is 2. The minimum Gasteiger partial charge on any atom is -0.341 e. The van der Waals surface area contributed by atoms with Gasteiger partial charge in [0.2, 0.25) is 5.91 Å². The molecule has 0 aliphatic heterocycles. The first-order valence-electron chi connectivity index (χ1n) is 7.77. The van der Waals surface area contributed by atoms with Crippen LogP contribution in [0.1, 0.15) is 21.5 Å². The minimum atomic E-state index is -4.43. The van der Waals surface area contributed by atoms with Gasteiger partial charge in [0.15, 0.2) is 0 Å². The summed E-state index contributed by atoms with van der Waals surface area (Å²) in [7, 11) is 0. The van der Waals surface area contributed by atoms with Gasteiger partial charge < -0.3 is 10.6 Å². The van der Waals surface area contributed by atoms with Crippen LogP contribution in [0.25, 0.3) is 0 Å². The molecule has 4 nitrogen and oxygen atoms in total. The summed E-state index contributed by atoms with van der Waals surface area (Å²) in [5.74, 6) is 4.35. The Labute approximate surface area is 154 Å². The van der Waals surface area contributed by atoms with Gasteiger partial charge in [-0.05, 0) is 42.5 Å². The number of benzene rings is 2. The van der Waals surface area contributed by atoms with Crippen LogP contribution in [0.5, 0.6) is 0 Å². The lowest BCUT2D eigenvalue weighted by Gasteiger charge is -2.06. The average molecular weight is 372 g/mol. The molecule has 0 aliphatic carbocycles. The highest BCUT2D eigenvalue weighted by Crippen LogP contribution is 2.29. The Morgan fingerprint density at radius 3 is 2.56 bits per heavy atom. The molecule has 2 rings (SSSR count). The zero-order valence-corrected chi connectivity index (χ0v) is 14.1. The van der Waals surface area contributed by atoms with Crippen molar-refractivity contribution in [2.24, 2.45) is 0 Å². The van der Waals surface area contributed by atoms with Crippen LogP contribution < -0.4 is 10.6 Å². The van der Waals surface area contributed by atoms with Crippen LogP contribution in [-0.4, -0.2) is 18.4 Å². The molecule has 138 valence electrons. The molecule has 0 aromatic heterocycles. The Morgan fingerprint density at radius 1 is 1.11 bits per heavy atom. The third-order valence-corrected chi connectivity index (χ3v) is 3.34. The predicted octanol–water partition coefficient (Wildman–Crippen LogP) is 3.61. The fourth-order valence-electron chi connectivity index (χ4n) is 2.08. The summed E-state index contributed by atoms with van der Waals surface area (Å²) in [6, 6.07) is 10.9. The maximum Gasteiger partial charge on any atom is 0.416 e. The normalized spacial score (nSPS) is 10.3. The molecule has 0 spiro atoms. The molecule has 0 atom stereocenters. The number of rotatable bonds is 4. The van der Waals surface area contributed by atoms with Crippen molar-refractivity contribution in [3.63, 3.8) is 0 Å². The van der Waals surface area contributed by atoms with E-state index in [9.17, 15) is 22.8 Å². The molecule has 2 amide bonds. The standard InChI is InChI=1S/C20H15F3N2O2/c1-2-18(26)25-17-10-4-8-15(13-17)19(27)24-11-5-7-14-6-3-9-16(12-14)20(21,22)23/h2-4,6,8-10,12-13H,1,11H2,(H,24,27)(H,25,26). The van der Waals surface area contributed by atoms with Gasteiger partial charge in [-0.3, -0.25) is 9.59 Å². The highest BCUT2D eigenvalue weighted by atomic mass is 19.4. The third kappa shape index (κ3) is 6.04. The summed E-state index contributed by atoms with van der Waals surface area (Å²) in [6.45, 7) is 3.30. The van der Waals surface area contributed by atoms with E-state index in [-0.39, 0.29) is 12.1 Å². The molecular formula is C20H15F3N2O2. The van der Waals surface area contributed by atoms with E-state index in [1.165, 1.54) is 18.2 Å². The summed E-state index contributed by atoms with van der Waals surface area (Å²) >= 11 is 0. The van der Waals surface area contributed by atoms with Crippen LogP contribution in [0.3, 0.4) is 0 Å². The lowest BCUT2D eigenvalue weighted by molar-refractivity contribution is -0.137. The van der Waals surface area contributed by atoms with Gasteiger partial charge >= 0.3 is 6.18 Å². The quantitative estimate of drug-likeness (QED) is 0.636. The van der Waals surface area contributed by atoms with Crippen LogP contribution >= 0.6 is 0 Å². The summed E-state index contributed by atoms with van der Waals surface area (Å²) in [5, 5.41) is 5.08. The van der Waals surface area contributed by atoms with E-state index in [4.69, 9.17) is 0 Å². The van der Waals surface area contributed by atoms with Crippen molar-refractivity contribution in [1.82, 2.24) is 5.32 Å². The molecule has 0 saturated carbocycles. The molecule has 0 unspecified atom stereocenters. The third-order valence-electron chi connectivity index (χ3n) is 3.34. The first-order chi connectivity index (χ1) is 12.8. The zero-order chi connectivity index (χ0) is 19.9. The van der Waals surface area contributed by atoms with E-state index < -0.39 is 23.6 Å². The highest BCUT2D eigenvalue weighted by Gasteiger charge is 2.30. The predicted molar refractivity (Wildman–Crippen MR) is 95.9 cm³/mol. The Bertz CT molecular complexity index is 925. The molecule has 0 heterocycles. The number of halogens is 3. The maximum absolute atomic E-state index is 12.6. The van der Waals surface area contributed by atoms with Crippen LogP contribution in [-0.2, 0) is 11.0 Å². The van der Waals surface area contributed by atoms with Crippen molar-refractivity contribution in [2.45, 2.75) is 6.18 Å². The van der Waals surface area contributed by atoms with Crippen LogP contribution in [0.15, 0.2) is 61.2 Å². The van der Waals surface area contributed by atoms with Crippen molar-refractivity contribution >= 4 is 17.5 Å². The number of amides is 2. The number of anilines is 1. The average Bonchev–Trinajstić information content (AvgIpc) is 2.64. The molecule has 2 N–H and O–H groups in total. The van der Waals surface area contributed by atoms with Gasteiger partial charge in [-0.2, -0.15) is 13.2 Å². The Kier molecular flexibility index (Phi) is 6.39. The number of hydrogen-bond donors (Lipinski definition) is 2. The van der Waals surface area contributed by atoms with Gasteiger partial charge in [0, 0.05) is 16.8 Å². The van der Waals surface area contributed by atoms with E-state index >= 15 is 0 Å². The van der Waals surface area contributed by atoms with E-state index in [2.05, 4.69) is 29.1 Å². The second-order valence-corrected chi connectivity index (χ2v) is 5.34. The topological polar surface area (TPSA) is 58.2 Å². The lowest BCUT2D eigenvalue weighted by Crippen LogP contribution is -2.23. The molecule has 27 heavy (non-hydrogen) atoms. The number of alkyl halides is 3. The first kappa shape index (κ1) is 19.8. The van der Waals surface area contributed by atoms with Crippen LogP contribution in [0, 0.1) is 11.8 Å². The fraction of sp³-hybridized carbons (Fsp3) is 0.100. The van der Waals surface area contributed by atoms with Gasteiger partial charge in [-0.1, -0.05) is 30.6 Å². The fourth-order valence-corrected chi connectivity index (χ4v) is 2.08. The molecule has 0 aliphatic rings. The summed E-state index contributed by atoms with van der Waals surface area (Å²) in [6.07, 6.45) is -3.33. The minimum absolute atomic E-state index is 0.0433. The molecular weight excluding hydrogens is 357 g/mol. The molecule has 7 heteroatoms. The maximum atomic E-state index is 12.6. The van der Waals surface area contributed by atoms with Gasteiger partial charge in [0.05, 0.1) is 12.1 Å². The van der Waals surface area contributed by atoms with Crippen molar-refractivity contribution < 1.29 is 22.8 Å². The van der Waals surface area contributed by atoms with Gasteiger partial charge in [0.1, 0.15) is 0 Å². The summed E-state index contributed by atoms with van der Waals surface area (Å²) in [5.41, 5.74) is 0.158. The molecule has 0 saturated heterocycles. The van der Waals surface area contributed by atoms with E-state index in [0.29, 0.717) is 11.3 Å². The highest BCUT2D eigenvalue weighted by molar-refractivity contribution is 6.00. The SMILES string of the molecule is C=CC(=O)Nc1cccc(C(=O)NCC#Cc2cccc(C(F)(F)F)c2)c1. The van der Waals surface area contributed by atoms with Crippen LogP contribution in [0.4, 0.5) is 18.9 Å². The van der Waals surface area contributed by atoms with E-state index in [0.717, 1.165) is 18.2 Å². The molecule has 0 radical (unpaired) electrons. The lowest BCUT2D eigenvalue weighted by atomic mass is 10.1. The largest absolute Gasteiger partial charge is 0.416 e. The smallest absolute Gasteiger partial charge is 0.341 e.